The second-order valence-electron chi connectivity index (χ2n) is 5.59. The first-order chi connectivity index (χ1) is 11.5. The van der Waals surface area contributed by atoms with E-state index in [0.717, 1.165) is 36.1 Å². The third-order valence-electron chi connectivity index (χ3n) is 3.88. The zero-order valence-corrected chi connectivity index (χ0v) is 15.1. The highest BCUT2D eigenvalue weighted by atomic mass is 35.5. The molecule has 2 aromatic heterocycles. The van der Waals surface area contributed by atoms with Crippen molar-refractivity contribution < 1.29 is 14.3 Å². The molecule has 3 rings (SSSR count). The summed E-state index contributed by atoms with van der Waals surface area (Å²) in [6.07, 6.45) is 5.44. The van der Waals surface area contributed by atoms with E-state index in [1.54, 1.807) is 20.2 Å². The summed E-state index contributed by atoms with van der Waals surface area (Å²) in [6.45, 7) is 2.06. The van der Waals surface area contributed by atoms with Gasteiger partial charge >= 0.3 is 5.97 Å². The van der Waals surface area contributed by atoms with Crippen LogP contribution in [-0.2, 0) is 24.6 Å². The van der Waals surface area contributed by atoms with E-state index in [9.17, 15) is 9.59 Å². The minimum Gasteiger partial charge on any atom is -0.462 e. The van der Waals surface area contributed by atoms with Crippen LogP contribution in [0.4, 0.5) is 5.00 Å². The van der Waals surface area contributed by atoms with Gasteiger partial charge in [-0.05, 0) is 38.2 Å². The fraction of sp³-hybridized carbons (Fsp3) is 0.438. The van der Waals surface area contributed by atoms with Crippen molar-refractivity contribution in [3.63, 3.8) is 0 Å². The maximum Gasteiger partial charge on any atom is 0.341 e. The van der Waals surface area contributed by atoms with Gasteiger partial charge in [-0.25, -0.2) is 4.79 Å². The van der Waals surface area contributed by atoms with Gasteiger partial charge in [0.2, 0.25) is 0 Å². The fourth-order valence-electron chi connectivity index (χ4n) is 2.85. The normalized spacial score (nSPS) is 13.5. The fourth-order valence-corrected chi connectivity index (χ4v) is 4.39. The lowest BCUT2D eigenvalue weighted by molar-refractivity contribution is 0.0526. The first-order valence-corrected chi connectivity index (χ1v) is 9.02. The number of ether oxygens (including phenoxy) is 1. The lowest BCUT2D eigenvalue weighted by Crippen LogP contribution is -2.16. The van der Waals surface area contributed by atoms with Gasteiger partial charge in [0.05, 0.1) is 17.2 Å². The number of nitrogens with one attached hydrogen (secondary N) is 1. The number of amides is 1. The average Bonchev–Trinajstić information content (AvgIpc) is 3.06. The minimum atomic E-state index is -0.426. The molecule has 1 aliphatic rings. The molecular formula is C16H18ClN3O3S. The number of fused-ring (bicyclic) bond motifs is 1. The summed E-state index contributed by atoms with van der Waals surface area (Å²) < 4.78 is 6.65. The van der Waals surface area contributed by atoms with E-state index in [4.69, 9.17) is 16.3 Å². The van der Waals surface area contributed by atoms with Crippen molar-refractivity contribution in [2.75, 3.05) is 11.9 Å². The first-order valence-electron chi connectivity index (χ1n) is 7.83. The monoisotopic (exact) mass is 367 g/mol. The summed E-state index contributed by atoms with van der Waals surface area (Å²) in [5.74, 6) is -0.816. The van der Waals surface area contributed by atoms with E-state index in [0.29, 0.717) is 17.2 Å². The summed E-state index contributed by atoms with van der Waals surface area (Å²) >= 11 is 7.47. The number of carbonyl (C=O) groups excluding carboxylic acids is 2. The molecule has 0 radical (unpaired) electrons. The Morgan fingerprint density at radius 2 is 2.17 bits per heavy atom. The number of halogens is 1. The summed E-state index contributed by atoms with van der Waals surface area (Å²) in [7, 11) is 1.69. The van der Waals surface area contributed by atoms with E-state index >= 15 is 0 Å². The van der Waals surface area contributed by atoms with Gasteiger partial charge in [0, 0.05) is 18.1 Å². The molecule has 0 aliphatic heterocycles. The van der Waals surface area contributed by atoms with E-state index in [1.807, 2.05) is 0 Å². The van der Waals surface area contributed by atoms with Crippen LogP contribution in [0.25, 0.3) is 0 Å². The van der Waals surface area contributed by atoms with Crippen molar-refractivity contribution in [2.45, 2.75) is 32.6 Å². The highest BCUT2D eigenvalue weighted by Gasteiger charge is 2.28. The lowest BCUT2D eigenvalue weighted by Gasteiger charge is -2.12. The van der Waals surface area contributed by atoms with E-state index < -0.39 is 5.91 Å². The molecule has 0 fully saturated rings. The molecule has 0 unspecified atom stereocenters. The number of hydrogen-bond acceptors (Lipinski definition) is 5. The van der Waals surface area contributed by atoms with Gasteiger partial charge < -0.3 is 10.1 Å². The summed E-state index contributed by atoms with van der Waals surface area (Å²) in [4.78, 5) is 26.0. The molecule has 1 N–H and O–H groups in total. The predicted molar refractivity (Wildman–Crippen MR) is 93.1 cm³/mol. The predicted octanol–water partition coefficient (Wildman–Crippen LogP) is 3.44. The van der Waals surface area contributed by atoms with Crippen molar-refractivity contribution in [3.05, 3.63) is 32.9 Å². The number of carbonyl (C=O) groups is 2. The van der Waals surface area contributed by atoms with E-state index in [-0.39, 0.29) is 16.7 Å². The zero-order valence-electron chi connectivity index (χ0n) is 13.5. The smallest absolute Gasteiger partial charge is 0.341 e. The van der Waals surface area contributed by atoms with Gasteiger partial charge in [-0.2, -0.15) is 5.10 Å². The van der Waals surface area contributed by atoms with Crippen molar-refractivity contribution in [1.82, 2.24) is 9.78 Å². The zero-order chi connectivity index (χ0) is 17.3. The Bertz CT molecular complexity index is 797. The van der Waals surface area contributed by atoms with Gasteiger partial charge in [-0.1, -0.05) is 11.6 Å². The van der Waals surface area contributed by atoms with Crippen LogP contribution in [0.15, 0.2) is 6.20 Å². The maximum atomic E-state index is 12.5. The number of aromatic nitrogens is 2. The molecule has 0 saturated carbocycles. The third-order valence-corrected chi connectivity index (χ3v) is 5.36. The molecule has 0 bridgehead atoms. The van der Waals surface area contributed by atoms with Crippen molar-refractivity contribution in [2.24, 2.45) is 7.05 Å². The van der Waals surface area contributed by atoms with Crippen LogP contribution in [-0.4, -0.2) is 28.3 Å². The first kappa shape index (κ1) is 17.0. The number of nitrogens with zero attached hydrogens (tertiary/aromatic N) is 2. The van der Waals surface area contributed by atoms with Crippen LogP contribution < -0.4 is 5.32 Å². The van der Waals surface area contributed by atoms with Crippen LogP contribution in [0.1, 0.15) is 51.1 Å². The molecule has 1 aliphatic carbocycles. The Labute approximate surface area is 148 Å². The molecule has 8 heteroatoms. The second kappa shape index (κ2) is 6.94. The maximum absolute atomic E-state index is 12.5. The standard InChI is InChI=1S/C16H18ClN3O3S/c1-3-23-16(22)12-9-6-4-5-7-11(9)24-15(12)18-14(21)13-10(17)8-20(2)19-13/h8H,3-7H2,1-2H3,(H,18,21). The van der Waals surface area contributed by atoms with Crippen LogP contribution in [0.2, 0.25) is 5.02 Å². The summed E-state index contributed by atoms with van der Waals surface area (Å²) in [5.41, 5.74) is 1.63. The Morgan fingerprint density at radius 1 is 1.42 bits per heavy atom. The molecule has 1 amide bonds. The molecule has 128 valence electrons. The Morgan fingerprint density at radius 3 is 2.83 bits per heavy atom. The molecule has 2 heterocycles. The number of rotatable bonds is 4. The number of thiophene rings is 1. The number of esters is 1. The Balaban J connectivity index is 1.95. The molecule has 0 spiro atoms. The largest absolute Gasteiger partial charge is 0.462 e. The molecule has 0 saturated heterocycles. The second-order valence-corrected chi connectivity index (χ2v) is 7.10. The van der Waals surface area contributed by atoms with Crippen LogP contribution in [0, 0.1) is 0 Å². The molecule has 0 aromatic carbocycles. The van der Waals surface area contributed by atoms with E-state index in [2.05, 4.69) is 10.4 Å². The summed E-state index contributed by atoms with van der Waals surface area (Å²) in [5, 5.41) is 7.65. The van der Waals surface area contributed by atoms with Gasteiger partial charge in [0.1, 0.15) is 5.00 Å². The summed E-state index contributed by atoms with van der Waals surface area (Å²) in [6, 6.07) is 0. The number of hydrogen-bond donors (Lipinski definition) is 1. The highest BCUT2D eigenvalue weighted by molar-refractivity contribution is 7.17. The van der Waals surface area contributed by atoms with Crippen molar-refractivity contribution in [1.29, 1.82) is 0 Å². The molecule has 24 heavy (non-hydrogen) atoms. The van der Waals surface area contributed by atoms with Crippen LogP contribution in [0.3, 0.4) is 0 Å². The molecule has 2 aromatic rings. The minimum absolute atomic E-state index is 0.139. The van der Waals surface area contributed by atoms with Crippen LogP contribution >= 0.6 is 22.9 Å². The number of aryl methyl sites for hydroxylation is 2. The molecular weight excluding hydrogens is 350 g/mol. The van der Waals surface area contributed by atoms with Gasteiger partial charge in [-0.3, -0.25) is 9.48 Å². The third kappa shape index (κ3) is 3.18. The molecule has 0 atom stereocenters. The highest BCUT2D eigenvalue weighted by Crippen LogP contribution is 2.38. The van der Waals surface area contributed by atoms with E-state index in [1.165, 1.54) is 16.0 Å². The molecule has 6 nitrogen and oxygen atoms in total. The quantitative estimate of drug-likeness (QED) is 0.840. The lowest BCUT2D eigenvalue weighted by atomic mass is 9.95. The average molecular weight is 368 g/mol. The van der Waals surface area contributed by atoms with Gasteiger partial charge in [-0.15, -0.1) is 11.3 Å². The number of anilines is 1. The SMILES string of the molecule is CCOC(=O)c1c(NC(=O)c2nn(C)cc2Cl)sc2c1CCCC2. The van der Waals surface area contributed by atoms with Crippen LogP contribution in [0.5, 0.6) is 0 Å². The van der Waals surface area contributed by atoms with Gasteiger partial charge in [0.25, 0.3) is 5.91 Å². The Hall–Kier alpha value is -1.86. The van der Waals surface area contributed by atoms with Gasteiger partial charge in [0.15, 0.2) is 5.69 Å². The van der Waals surface area contributed by atoms with Crippen molar-refractivity contribution >= 4 is 39.8 Å². The Kier molecular flexibility index (Phi) is 4.91. The topological polar surface area (TPSA) is 73.2 Å². The van der Waals surface area contributed by atoms with Crippen molar-refractivity contribution in [3.8, 4) is 0 Å².